The van der Waals surface area contributed by atoms with Crippen molar-refractivity contribution < 1.29 is 4.74 Å². The fourth-order valence-corrected chi connectivity index (χ4v) is 3.19. The predicted molar refractivity (Wildman–Crippen MR) is 85.8 cm³/mol. The summed E-state index contributed by atoms with van der Waals surface area (Å²) in [7, 11) is 0. The molecule has 2 unspecified atom stereocenters. The van der Waals surface area contributed by atoms with Crippen LogP contribution in [-0.4, -0.2) is 6.10 Å². The zero-order valence-electron chi connectivity index (χ0n) is 12.4. The topological polar surface area (TPSA) is 21.3 Å². The number of anilines is 1. The third-order valence-electron chi connectivity index (χ3n) is 4.48. The molecule has 1 saturated carbocycles. The second-order valence-corrected chi connectivity index (χ2v) is 6.35. The van der Waals surface area contributed by atoms with Gasteiger partial charge in [-0.15, -0.1) is 0 Å². The Labute approximate surface area is 126 Å². The van der Waals surface area contributed by atoms with E-state index in [1.54, 1.807) is 0 Å². The summed E-state index contributed by atoms with van der Waals surface area (Å²) in [4.78, 5) is 0. The average molecular weight is 279 g/mol. The van der Waals surface area contributed by atoms with Gasteiger partial charge < -0.3 is 10.1 Å². The van der Waals surface area contributed by atoms with E-state index in [4.69, 9.17) is 4.74 Å². The highest BCUT2D eigenvalue weighted by molar-refractivity contribution is 5.55. The quantitative estimate of drug-likeness (QED) is 0.888. The zero-order chi connectivity index (χ0) is 14.2. The first-order valence-corrected chi connectivity index (χ1v) is 7.90. The molecule has 2 nitrogen and oxygen atoms in total. The number of fused-ring (bicyclic) bond motifs is 1. The monoisotopic (exact) mass is 279 g/mol. The molecule has 2 atom stereocenters. The van der Waals surface area contributed by atoms with E-state index in [1.807, 2.05) is 0 Å². The van der Waals surface area contributed by atoms with Gasteiger partial charge in [0, 0.05) is 5.69 Å². The Morgan fingerprint density at radius 2 is 1.90 bits per heavy atom. The van der Waals surface area contributed by atoms with Crippen LogP contribution in [0.2, 0.25) is 0 Å². The van der Waals surface area contributed by atoms with E-state index >= 15 is 0 Å². The molecule has 2 heteroatoms. The van der Waals surface area contributed by atoms with Gasteiger partial charge in [-0.3, -0.25) is 0 Å². The van der Waals surface area contributed by atoms with Crippen LogP contribution in [0.4, 0.5) is 5.69 Å². The van der Waals surface area contributed by atoms with Gasteiger partial charge in [0.25, 0.3) is 0 Å². The molecule has 0 bridgehead atoms. The van der Waals surface area contributed by atoms with E-state index in [0.717, 1.165) is 12.2 Å². The Kier molecular flexibility index (Phi) is 3.10. The molecule has 1 heterocycles. The first kappa shape index (κ1) is 12.8. The number of rotatable bonds is 3. The second-order valence-electron chi connectivity index (χ2n) is 6.35. The normalized spacial score (nSPS) is 24.0. The van der Waals surface area contributed by atoms with Crippen LogP contribution in [-0.2, 0) is 6.42 Å². The van der Waals surface area contributed by atoms with Crippen molar-refractivity contribution in [1.29, 1.82) is 0 Å². The maximum absolute atomic E-state index is 5.93. The molecule has 0 saturated heterocycles. The van der Waals surface area contributed by atoms with Gasteiger partial charge in [0.15, 0.2) is 0 Å². The molecule has 0 amide bonds. The average Bonchev–Trinajstić information content (AvgIpc) is 3.31. The van der Waals surface area contributed by atoms with Gasteiger partial charge in [0.05, 0.1) is 12.1 Å². The van der Waals surface area contributed by atoms with Crippen molar-refractivity contribution in [2.24, 2.45) is 5.92 Å². The number of para-hydroxylation sites is 1. The van der Waals surface area contributed by atoms with Crippen molar-refractivity contribution >= 4 is 5.69 Å². The van der Waals surface area contributed by atoms with Crippen LogP contribution in [0.5, 0.6) is 5.75 Å². The molecule has 2 aromatic carbocycles. The molecule has 1 fully saturated rings. The molecule has 1 N–H and O–H groups in total. The Morgan fingerprint density at radius 1 is 1.05 bits per heavy atom. The first-order valence-electron chi connectivity index (χ1n) is 7.90. The van der Waals surface area contributed by atoms with Crippen molar-refractivity contribution in [1.82, 2.24) is 0 Å². The van der Waals surface area contributed by atoms with Crippen LogP contribution in [0.3, 0.4) is 0 Å². The number of ether oxygens (including phenoxy) is 1. The van der Waals surface area contributed by atoms with Gasteiger partial charge in [-0.2, -0.15) is 0 Å². The molecule has 2 aliphatic rings. The molecule has 0 radical (unpaired) electrons. The lowest BCUT2D eigenvalue weighted by Crippen LogP contribution is -2.26. The van der Waals surface area contributed by atoms with Crippen LogP contribution in [0.25, 0.3) is 0 Å². The third kappa shape index (κ3) is 2.63. The molecular weight excluding hydrogens is 258 g/mol. The maximum Gasteiger partial charge on any atom is 0.120 e. The van der Waals surface area contributed by atoms with Crippen molar-refractivity contribution in [3.8, 4) is 5.75 Å². The second kappa shape index (κ2) is 5.10. The summed E-state index contributed by atoms with van der Waals surface area (Å²) < 4.78 is 5.93. The van der Waals surface area contributed by atoms with E-state index in [-0.39, 0.29) is 0 Å². The highest BCUT2D eigenvalue weighted by Gasteiger charge is 2.27. The smallest absolute Gasteiger partial charge is 0.120 e. The molecule has 0 aromatic heterocycles. The minimum Gasteiger partial charge on any atom is -0.490 e. The minimum atomic E-state index is 0.364. The molecule has 1 aliphatic heterocycles. The Bertz CT molecular complexity index is 648. The van der Waals surface area contributed by atoms with E-state index in [0.29, 0.717) is 18.1 Å². The largest absolute Gasteiger partial charge is 0.490 e. The molecule has 2 aromatic rings. The molecule has 1 aliphatic carbocycles. The Hall–Kier alpha value is -1.96. The fourth-order valence-electron chi connectivity index (χ4n) is 3.19. The van der Waals surface area contributed by atoms with Gasteiger partial charge in [-0.25, -0.2) is 0 Å². The third-order valence-corrected chi connectivity index (χ3v) is 4.48. The Balaban J connectivity index is 1.60. The Morgan fingerprint density at radius 3 is 2.76 bits per heavy atom. The first-order chi connectivity index (χ1) is 10.3. The fraction of sp³-hybridized carbons (Fsp3) is 0.368. The van der Waals surface area contributed by atoms with Crippen molar-refractivity contribution in [3.63, 3.8) is 0 Å². The summed E-state index contributed by atoms with van der Waals surface area (Å²) >= 11 is 0. The standard InChI is InChI=1S/C19H21NO/c1-13-11-14-5-2-3-8-18(14)20-19(13)15-6-4-7-17(12-15)21-16-9-10-16/h2-8,12-13,16,19-20H,9-11H2,1H3. The highest BCUT2D eigenvalue weighted by atomic mass is 16.5. The highest BCUT2D eigenvalue weighted by Crippen LogP contribution is 2.37. The van der Waals surface area contributed by atoms with E-state index in [2.05, 4.69) is 60.8 Å². The number of hydrogen-bond donors (Lipinski definition) is 1. The summed E-state index contributed by atoms with van der Waals surface area (Å²) in [5.41, 5.74) is 4.02. The van der Waals surface area contributed by atoms with E-state index < -0.39 is 0 Å². The molecule has 4 rings (SSSR count). The minimum absolute atomic E-state index is 0.364. The molecular formula is C19H21NO. The lowest BCUT2D eigenvalue weighted by atomic mass is 9.85. The lowest BCUT2D eigenvalue weighted by molar-refractivity contribution is 0.302. The SMILES string of the molecule is CC1Cc2ccccc2NC1c1cccc(OC2CC2)c1. The van der Waals surface area contributed by atoms with Crippen LogP contribution < -0.4 is 10.1 Å². The molecule has 21 heavy (non-hydrogen) atoms. The summed E-state index contributed by atoms with van der Waals surface area (Å²) in [5.74, 6) is 1.60. The summed E-state index contributed by atoms with van der Waals surface area (Å²) in [6.07, 6.45) is 3.99. The van der Waals surface area contributed by atoms with Crippen molar-refractivity contribution in [3.05, 3.63) is 59.7 Å². The van der Waals surface area contributed by atoms with E-state index in [1.165, 1.54) is 29.7 Å². The molecule has 0 spiro atoms. The summed E-state index contributed by atoms with van der Waals surface area (Å²) in [6, 6.07) is 17.6. The lowest BCUT2D eigenvalue weighted by Gasteiger charge is -2.33. The van der Waals surface area contributed by atoms with Gasteiger partial charge >= 0.3 is 0 Å². The number of nitrogens with one attached hydrogen (secondary N) is 1. The summed E-state index contributed by atoms with van der Waals surface area (Å²) in [5, 5.41) is 3.70. The molecule has 108 valence electrons. The zero-order valence-corrected chi connectivity index (χ0v) is 12.4. The number of hydrogen-bond acceptors (Lipinski definition) is 2. The summed E-state index contributed by atoms with van der Waals surface area (Å²) in [6.45, 7) is 2.32. The van der Waals surface area contributed by atoms with Crippen LogP contribution >= 0.6 is 0 Å². The van der Waals surface area contributed by atoms with Crippen molar-refractivity contribution in [2.75, 3.05) is 5.32 Å². The van der Waals surface area contributed by atoms with Gasteiger partial charge in [-0.05, 0) is 54.5 Å². The van der Waals surface area contributed by atoms with Gasteiger partial charge in [0.1, 0.15) is 5.75 Å². The van der Waals surface area contributed by atoms with Crippen LogP contribution in [0.15, 0.2) is 48.5 Å². The predicted octanol–water partition coefficient (Wildman–Crippen LogP) is 4.57. The van der Waals surface area contributed by atoms with Gasteiger partial charge in [0.2, 0.25) is 0 Å². The maximum atomic E-state index is 5.93. The van der Waals surface area contributed by atoms with Crippen molar-refractivity contribution in [2.45, 2.75) is 38.3 Å². The van der Waals surface area contributed by atoms with Crippen LogP contribution in [0, 0.1) is 5.92 Å². The van der Waals surface area contributed by atoms with E-state index in [9.17, 15) is 0 Å². The van der Waals surface area contributed by atoms with Gasteiger partial charge in [-0.1, -0.05) is 37.3 Å². The van der Waals surface area contributed by atoms with Crippen LogP contribution in [0.1, 0.15) is 36.9 Å². The number of benzene rings is 2.